The Morgan fingerprint density at radius 1 is 1.10 bits per heavy atom. The number of hydrogen-bond donors (Lipinski definition) is 2. The third-order valence-electron chi connectivity index (χ3n) is 6.37. The average molecular weight is 392 g/mol. The maximum absolute atomic E-state index is 6.40. The Hall–Kier alpha value is -2.17. The van der Waals surface area contributed by atoms with Crippen LogP contribution in [0.2, 0.25) is 0 Å². The average Bonchev–Trinajstić information content (AvgIpc) is 3.29. The lowest BCUT2D eigenvalue weighted by Crippen LogP contribution is -2.38. The zero-order valence-electron chi connectivity index (χ0n) is 17.6. The van der Waals surface area contributed by atoms with Crippen molar-refractivity contribution in [2.24, 2.45) is 5.41 Å². The van der Waals surface area contributed by atoms with Crippen molar-refractivity contribution in [2.75, 3.05) is 13.2 Å². The van der Waals surface area contributed by atoms with Crippen LogP contribution in [0.15, 0.2) is 67.0 Å². The van der Waals surface area contributed by atoms with Crippen molar-refractivity contribution in [1.29, 1.82) is 0 Å². The van der Waals surface area contributed by atoms with E-state index < -0.39 is 5.60 Å². The molecule has 2 N–H and O–H groups in total. The highest BCUT2D eigenvalue weighted by Crippen LogP contribution is 2.36. The first-order valence-corrected chi connectivity index (χ1v) is 10.9. The standard InChI is InChI=1S/C25H33N3O/c1-24(2)12-10-22(11-13-24)26-18-19-29-25(23-27-16-17-28-23)14-8-21(9-15-25)20-6-4-3-5-7-20/h3-9,14-17,21-22,26H,10-13,18-19H2,1-2H3,(H,27,28). The molecular weight excluding hydrogens is 358 g/mol. The molecule has 0 unspecified atom stereocenters. The summed E-state index contributed by atoms with van der Waals surface area (Å²) in [6.07, 6.45) is 17.5. The monoisotopic (exact) mass is 391 g/mol. The number of nitrogens with zero attached hydrogens (tertiary/aromatic N) is 1. The second-order valence-corrected chi connectivity index (χ2v) is 9.13. The summed E-state index contributed by atoms with van der Waals surface area (Å²) in [7, 11) is 0. The van der Waals surface area contributed by atoms with E-state index >= 15 is 0 Å². The lowest BCUT2D eigenvalue weighted by atomic mass is 9.75. The molecule has 154 valence electrons. The number of aromatic amines is 1. The van der Waals surface area contributed by atoms with Crippen molar-refractivity contribution in [3.63, 3.8) is 0 Å². The molecule has 2 aromatic rings. The van der Waals surface area contributed by atoms with Crippen LogP contribution >= 0.6 is 0 Å². The predicted octanol–water partition coefficient (Wildman–Crippen LogP) is 5.09. The van der Waals surface area contributed by atoms with Gasteiger partial charge in [-0.1, -0.05) is 56.3 Å². The van der Waals surface area contributed by atoms with E-state index in [9.17, 15) is 0 Å². The first-order chi connectivity index (χ1) is 14.1. The van der Waals surface area contributed by atoms with Gasteiger partial charge < -0.3 is 15.0 Å². The first kappa shape index (κ1) is 20.1. The van der Waals surface area contributed by atoms with Gasteiger partial charge >= 0.3 is 0 Å². The zero-order valence-corrected chi connectivity index (χ0v) is 17.6. The summed E-state index contributed by atoms with van der Waals surface area (Å²) < 4.78 is 6.40. The van der Waals surface area contributed by atoms with Gasteiger partial charge in [0, 0.05) is 30.9 Å². The molecule has 1 heterocycles. The van der Waals surface area contributed by atoms with Crippen LogP contribution in [-0.4, -0.2) is 29.2 Å². The zero-order chi connectivity index (χ0) is 20.2. The Morgan fingerprint density at radius 3 is 2.48 bits per heavy atom. The van der Waals surface area contributed by atoms with E-state index in [1.165, 1.54) is 31.2 Å². The van der Waals surface area contributed by atoms with Crippen LogP contribution in [-0.2, 0) is 10.3 Å². The number of imidazole rings is 1. The van der Waals surface area contributed by atoms with Crippen molar-refractivity contribution in [3.8, 4) is 0 Å². The molecule has 29 heavy (non-hydrogen) atoms. The fourth-order valence-electron chi connectivity index (χ4n) is 4.40. The van der Waals surface area contributed by atoms with Crippen LogP contribution in [0.5, 0.6) is 0 Å². The molecule has 1 aromatic carbocycles. The molecule has 1 saturated carbocycles. The molecular formula is C25H33N3O. The molecule has 0 bridgehead atoms. The minimum atomic E-state index is -0.620. The highest BCUT2D eigenvalue weighted by Gasteiger charge is 2.33. The lowest BCUT2D eigenvalue weighted by Gasteiger charge is -2.35. The van der Waals surface area contributed by atoms with E-state index in [2.05, 4.69) is 83.8 Å². The van der Waals surface area contributed by atoms with Gasteiger partial charge in [-0.05, 0) is 48.8 Å². The van der Waals surface area contributed by atoms with Gasteiger partial charge in [0.05, 0.1) is 6.61 Å². The minimum Gasteiger partial charge on any atom is -0.358 e. The summed E-state index contributed by atoms with van der Waals surface area (Å²) in [5.74, 6) is 1.10. The highest BCUT2D eigenvalue weighted by atomic mass is 16.5. The van der Waals surface area contributed by atoms with Gasteiger partial charge in [0.25, 0.3) is 0 Å². The summed E-state index contributed by atoms with van der Waals surface area (Å²) in [5, 5.41) is 3.69. The van der Waals surface area contributed by atoms with Gasteiger partial charge in [-0.25, -0.2) is 4.98 Å². The van der Waals surface area contributed by atoms with Crippen molar-refractivity contribution in [1.82, 2.24) is 15.3 Å². The van der Waals surface area contributed by atoms with Gasteiger partial charge in [0.2, 0.25) is 0 Å². The number of rotatable bonds is 7. The molecule has 1 aromatic heterocycles. The van der Waals surface area contributed by atoms with Crippen molar-refractivity contribution in [2.45, 2.75) is 57.1 Å². The summed E-state index contributed by atoms with van der Waals surface area (Å²) in [6, 6.07) is 11.2. The van der Waals surface area contributed by atoms with Crippen LogP contribution in [0.1, 0.15) is 56.8 Å². The summed E-state index contributed by atoms with van der Waals surface area (Å²) >= 11 is 0. The maximum Gasteiger partial charge on any atom is 0.162 e. The van der Waals surface area contributed by atoms with Gasteiger partial charge in [-0.3, -0.25) is 0 Å². The first-order valence-electron chi connectivity index (χ1n) is 10.9. The smallest absolute Gasteiger partial charge is 0.162 e. The van der Waals surface area contributed by atoms with E-state index in [1.807, 2.05) is 6.20 Å². The van der Waals surface area contributed by atoms with E-state index in [1.54, 1.807) is 6.20 Å². The fraction of sp³-hybridized carbons (Fsp3) is 0.480. The van der Waals surface area contributed by atoms with Crippen LogP contribution < -0.4 is 5.32 Å². The molecule has 0 radical (unpaired) electrons. The van der Waals surface area contributed by atoms with Gasteiger partial charge in [0.1, 0.15) is 5.82 Å². The number of nitrogens with one attached hydrogen (secondary N) is 2. The summed E-state index contributed by atoms with van der Waals surface area (Å²) in [6.45, 7) is 6.26. The Balaban J connectivity index is 1.36. The number of hydrogen-bond acceptors (Lipinski definition) is 3. The fourth-order valence-corrected chi connectivity index (χ4v) is 4.40. The van der Waals surface area contributed by atoms with Crippen molar-refractivity contribution >= 4 is 0 Å². The van der Waals surface area contributed by atoms with E-state index in [-0.39, 0.29) is 5.92 Å². The maximum atomic E-state index is 6.40. The second kappa shape index (κ2) is 8.68. The summed E-state index contributed by atoms with van der Waals surface area (Å²) in [4.78, 5) is 7.73. The quantitative estimate of drug-likeness (QED) is 0.510. The number of ether oxygens (including phenoxy) is 1. The lowest BCUT2D eigenvalue weighted by molar-refractivity contribution is 0.0176. The molecule has 0 aliphatic heterocycles. The molecule has 4 nitrogen and oxygen atoms in total. The van der Waals surface area contributed by atoms with E-state index in [4.69, 9.17) is 4.74 Å². The van der Waals surface area contributed by atoms with Gasteiger partial charge in [-0.2, -0.15) is 0 Å². The molecule has 0 saturated heterocycles. The topological polar surface area (TPSA) is 49.9 Å². The Labute approximate surface area is 174 Å². The third-order valence-corrected chi connectivity index (χ3v) is 6.37. The molecule has 4 heteroatoms. The summed E-state index contributed by atoms with van der Waals surface area (Å²) in [5.41, 5.74) is 1.17. The molecule has 2 aliphatic rings. The Kier molecular flexibility index (Phi) is 6.02. The number of allylic oxidation sites excluding steroid dienone is 2. The Morgan fingerprint density at radius 2 is 1.83 bits per heavy atom. The predicted molar refractivity (Wildman–Crippen MR) is 118 cm³/mol. The molecule has 1 fully saturated rings. The Bertz CT molecular complexity index is 799. The minimum absolute atomic E-state index is 0.270. The third kappa shape index (κ3) is 4.88. The van der Waals surface area contributed by atoms with Crippen LogP contribution in [0, 0.1) is 5.41 Å². The molecule has 0 spiro atoms. The number of benzene rings is 1. The van der Waals surface area contributed by atoms with E-state index in [0.29, 0.717) is 18.1 Å². The van der Waals surface area contributed by atoms with E-state index in [0.717, 1.165) is 12.4 Å². The van der Waals surface area contributed by atoms with Gasteiger partial charge in [-0.15, -0.1) is 0 Å². The molecule has 2 aliphatic carbocycles. The molecule has 4 rings (SSSR count). The van der Waals surface area contributed by atoms with Crippen molar-refractivity contribution in [3.05, 3.63) is 78.4 Å². The molecule has 0 atom stereocenters. The van der Waals surface area contributed by atoms with Crippen LogP contribution in [0.25, 0.3) is 0 Å². The second-order valence-electron chi connectivity index (χ2n) is 9.13. The number of aromatic nitrogens is 2. The highest BCUT2D eigenvalue weighted by molar-refractivity contribution is 5.37. The van der Waals surface area contributed by atoms with Crippen LogP contribution in [0.4, 0.5) is 0 Å². The van der Waals surface area contributed by atoms with Crippen molar-refractivity contribution < 1.29 is 4.74 Å². The SMILES string of the molecule is CC1(C)CCC(NCCOC2(c3ncc[nH]3)C=CC(c3ccccc3)C=C2)CC1. The van der Waals surface area contributed by atoms with Crippen LogP contribution in [0.3, 0.4) is 0 Å². The largest absolute Gasteiger partial charge is 0.358 e. The normalized spacial score (nSPS) is 26.6. The van der Waals surface area contributed by atoms with Gasteiger partial charge in [0.15, 0.2) is 5.60 Å². The number of H-pyrrole nitrogens is 1. The molecule has 0 amide bonds.